The molecule has 2 aromatic heterocycles. The average molecular weight is 398 g/mol. The van der Waals surface area contributed by atoms with Gasteiger partial charge in [0.05, 0.1) is 11.3 Å². The lowest BCUT2D eigenvalue weighted by Gasteiger charge is -2.32. The number of hydrogen-bond acceptors (Lipinski definition) is 5. The van der Waals surface area contributed by atoms with Crippen LogP contribution in [-0.2, 0) is 9.84 Å². The highest BCUT2D eigenvalue weighted by molar-refractivity contribution is 7.90. The zero-order chi connectivity index (χ0) is 19.7. The number of likely N-dealkylation sites (tertiary alicyclic amines) is 1. The molecule has 3 aromatic rings. The van der Waals surface area contributed by atoms with Gasteiger partial charge in [0.1, 0.15) is 21.7 Å². The molecule has 1 amide bonds. The first-order valence-corrected chi connectivity index (χ1v) is 11.3. The van der Waals surface area contributed by atoms with Gasteiger partial charge in [-0.05, 0) is 37.0 Å². The number of sulfone groups is 1. The van der Waals surface area contributed by atoms with Crippen LogP contribution < -0.4 is 0 Å². The number of nitrogens with zero attached hydrogens (tertiary/aromatic N) is 4. The average Bonchev–Trinajstić information content (AvgIpc) is 3.10. The van der Waals surface area contributed by atoms with Crippen LogP contribution in [0.25, 0.3) is 16.9 Å². The number of para-hydroxylation sites is 1. The molecule has 0 spiro atoms. The van der Waals surface area contributed by atoms with Crippen LogP contribution in [0.1, 0.15) is 23.2 Å². The summed E-state index contributed by atoms with van der Waals surface area (Å²) in [5, 5.41) is 0. The van der Waals surface area contributed by atoms with Gasteiger partial charge in [0.2, 0.25) is 0 Å². The number of rotatable bonds is 4. The highest BCUT2D eigenvalue weighted by Gasteiger charge is 2.27. The monoisotopic (exact) mass is 398 g/mol. The van der Waals surface area contributed by atoms with Gasteiger partial charge in [0, 0.05) is 31.2 Å². The van der Waals surface area contributed by atoms with Gasteiger partial charge < -0.3 is 4.90 Å². The highest BCUT2D eigenvalue weighted by atomic mass is 32.2. The molecular formula is C20H22N4O3S. The largest absolute Gasteiger partial charge is 0.338 e. The zero-order valence-corrected chi connectivity index (χ0v) is 16.5. The number of carbonyl (C=O) groups excluding carboxylic acids is 1. The van der Waals surface area contributed by atoms with E-state index in [2.05, 4.69) is 9.97 Å². The Bertz CT molecular complexity index is 1110. The van der Waals surface area contributed by atoms with E-state index < -0.39 is 9.84 Å². The number of pyridine rings is 1. The van der Waals surface area contributed by atoms with E-state index in [4.69, 9.17) is 0 Å². The normalized spacial score (nSPS) is 17.8. The number of amides is 1. The first kappa shape index (κ1) is 18.6. The third kappa shape index (κ3) is 3.91. The summed E-state index contributed by atoms with van der Waals surface area (Å²) in [6.45, 7) is 1.10. The number of carbonyl (C=O) groups is 1. The molecule has 1 aromatic carbocycles. The molecule has 0 aliphatic carbocycles. The summed E-state index contributed by atoms with van der Waals surface area (Å²) in [6.07, 6.45) is 6.16. The van der Waals surface area contributed by atoms with Crippen molar-refractivity contribution < 1.29 is 13.2 Å². The summed E-state index contributed by atoms with van der Waals surface area (Å²) in [5.41, 5.74) is 2.78. The van der Waals surface area contributed by atoms with Gasteiger partial charge in [0.25, 0.3) is 5.91 Å². The molecule has 3 heterocycles. The molecule has 1 saturated heterocycles. The molecular weight excluding hydrogens is 376 g/mol. The van der Waals surface area contributed by atoms with Gasteiger partial charge >= 0.3 is 0 Å². The molecule has 146 valence electrons. The molecule has 28 heavy (non-hydrogen) atoms. The fourth-order valence-corrected chi connectivity index (χ4v) is 4.92. The van der Waals surface area contributed by atoms with Gasteiger partial charge in [-0.2, -0.15) is 0 Å². The van der Waals surface area contributed by atoms with Crippen molar-refractivity contribution in [1.82, 2.24) is 19.4 Å². The van der Waals surface area contributed by atoms with Crippen molar-refractivity contribution in [2.24, 2.45) is 5.92 Å². The van der Waals surface area contributed by atoms with Crippen molar-refractivity contribution >= 4 is 26.9 Å². The van der Waals surface area contributed by atoms with Crippen LogP contribution in [0.2, 0.25) is 0 Å². The van der Waals surface area contributed by atoms with Crippen molar-refractivity contribution in [3.63, 3.8) is 0 Å². The van der Waals surface area contributed by atoms with Crippen LogP contribution in [0.3, 0.4) is 0 Å². The summed E-state index contributed by atoms with van der Waals surface area (Å²) >= 11 is 0. The molecule has 1 fully saturated rings. The van der Waals surface area contributed by atoms with Gasteiger partial charge in [-0.1, -0.05) is 18.2 Å². The van der Waals surface area contributed by atoms with E-state index >= 15 is 0 Å². The molecule has 4 rings (SSSR count). The van der Waals surface area contributed by atoms with Crippen molar-refractivity contribution in [1.29, 1.82) is 0 Å². The summed E-state index contributed by atoms with van der Waals surface area (Å²) < 4.78 is 25.1. The van der Waals surface area contributed by atoms with Gasteiger partial charge in [-0.3, -0.25) is 9.36 Å². The molecule has 0 radical (unpaired) electrons. The Morgan fingerprint density at radius 2 is 2.00 bits per heavy atom. The molecule has 1 aliphatic heterocycles. The minimum Gasteiger partial charge on any atom is -0.338 e. The number of fused-ring (bicyclic) bond motifs is 1. The Balaban J connectivity index is 1.56. The van der Waals surface area contributed by atoms with Crippen LogP contribution in [0.4, 0.5) is 0 Å². The van der Waals surface area contributed by atoms with Gasteiger partial charge in [0.15, 0.2) is 5.65 Å². The maximum atomic E-state index is 12.9. The van der Waals surface area contributed by atoms with E-state index in [0.717, 1.165) is 18.5 Å². The summed E-state index contributed by atoms with van der Waals surface area (Å²) in [7, 11) is -3.05. The molecule has 8 heteroatoms. The number of imidazole rings is 1. The highest BCUT2D eigenvalue weighted by Crippen LogP contribution is 2.22. The molecule has 1 atom stereocenters. The maximum Gasteiger partial charge on any atom is 0.255 e. The predicted molar refractivity (Wildman–Crippen MR) is 107 cm³/mol. The molecule has 0 saturated carbocycles. The minimum atomic E-state index is -3.05. The van der Waals surface area contributed by atoms with Crippen molar-refractivity contribution in [2.75, 3.05) is 25.1 Å². The van der Waals surface area contributed by atoms with Crippen LogP contribution in [0, 0.1) is 5.92 Å². The van der Waals surface area contributed by atoms with Crippen molar-refractivity contribution in [2.45, 2.75) is 12.8 Å². The Morgan fingerprint density at radius 3 is 2.75 bits per heavy atom. The fraction of sp³-hybridized carbons (Fsp3) is 0.350. The molecule has 0 bridgehead atoms. The molecule has 1 unspecified atom stereocenters. The lowest BCUT2D eigenvalue weighted by molar-refractivity contribution is 0.0684. The molecule has 0 N–H and O–H groups in total. The lowest BCUT2D eigenvalue weighted by atomic mass is 9.99. The quantitative estimate of drug-likeness (QED) is 0.673. The maximum absolute atomic E-state index is 12.9. The smallest absolute Gasteiger partial charge is 0.255 e. The number of piperidine rings is 1. The Labute approximate surface area is 163 Å². The van der Waals surface area contributed by atoms with E-state index in [1.165, 1.54) is 6.26 Å². The third-order valence-corrected chi connectivity index (χ3v) is 6.09. The number of aromatic nitrogens is 3. The number of benzene rings is 1. The summed E-state index contributed by atoms with van der Waals surface area (Å²) in [5.74, 6) is -0.0150. The van der Waals surface area contributed by atoms with E-state index in [0.29, 0.717) is 29.8 Å². The Hall–Kier alpha value is -2.74. The standard InChI is InChI=1S/C20H22N4O3S/c1-28(26,27)13-15-6-5-9-23(12-15)20(25)16-10-18-19(21-11-16)24(14-22-18)17-7-3-2-4-8-17/h2-4,7-8,10-11,14-15H,5-6,9,12-13H2,1H3. The van der Waals surface area contributed by atoms with E-state index in [1.54, 1.807) is 23.5 Å². The van der Waals surface area contributed by atoms with Crippen LogP contribution in [-0.4, -0.2) is 58.9 Å². The Kier molecular flexibility index (Phi) is 4.89. The molecule has 7 nitrogen and oxygen atoms in total. The summed E-state index contributed by atoms with van der Waals surface area (Å²) in [4.78, 5) is 23.5. The first-order chi connectivity index (χ1) is 13.4. The molecule has 1 aliphatic rings. The van der Waals surface area contributed by atoms with Crippen LogP contribution in [0.5, 0.6) is 0 Å². The fourth-order valence-electron chi connectivity index (χ4n) is 3.79. The predicted octanol–water partition coefficient (Wildman–Crippen LogP) is 2.32. The second-order valence-corrected chi connectivity index (χ2v) is 9.55. The minimum absolute atomic E-state index is 0.0123. The SMILES string of the molecule is CS(=O)(=O)CC1CCCN(C(=O)c2cnc3c(c2)ncn3-c2ccccc2)C1. The lowest BCUT2D eigenvalue weighted by Crippen LogP contribution is -2.41. The third-order valence-electron chi connectivity index (χ3n) is 5.01. The van der Waals surface area contributed by atoms with Crippen LogP contribution >= 0.6 is 0 Å². The second-order valence-electron chi connectivity index (χ2n) is 7.37. The Morgan fingerprint density at radius 1 is 1.21 bits per heavy atom. The van der Waals surface area contributed by atoms with E-state index in [-0.39, 0.29) is 17.6 Å². The van der Waals surface area contributed by atoms with E-state index in [1.807, 2.05) is 34.9 Å². The van der Waals surface area contributed by atoms with Crippen molar-refractivity contribution in [3.05, 3.63) is 54.5 Å². The topological polar surface area (TPSA) is 85.2 Å². The number of hydrogen-bond donors (Lipinski definition) is 0. The zero-order valence-electron chi connectivity index (χ0n) is 15.7. The summed E-state index contributed by atoms with van der Waals surface area (Å²) in [6, 6.07) is 11.5. The van der Waals surface area contributed by atoms with Crippen LogP contribution in [0.15, 0.2) is 48.9 Å². The van der Waals surface area contributed by atoms with Crippen molar-refractivity contribution in [3.8, 4) is 5.69 Å². The second kappa shape index (κ2) is 7.35. The van der Waals surface area contributed by atoms with Gasteiger partial charge in [-0.25, -0.2) is 18.4 Å². The van der Waals surface area contributed by atoms with Gasteiger partial charge in [-0.15, -0.1) is 0 Å². The first-order valence-electron chi connectivity index (χ1n) is 9.26. The van der Waals surface area contributed by atoms with E-state index in [9.17, 15) is 13.2 Å².